The third-order valence-corrected chi connectivity index (χ3v) is 7.48. The highest BCUT2D eigenvalue weighted by atomic mass is 19.1. The van der Waals surface area contributed by atoms with Crippen molar-refractivity contribution in [2.45, 2.75) is 71.0 Å². The number of aromatic nitrogens is 2. The van der Waals surface area contributed by atoms with E-state index < -0.39 is 0 Å². The molecule has 1 aromatic heterocycles. The summed E-state index contributed by atoms with van der Waals surface area (Å²) in [6, 6.07) is 10.8. The minimum absolute atomic E-state index is 0.180. The van der Waals surface area contributed by atoms with Crippen molar-refractivity contribution in [3.63, 3.8) is 0 Å². The van der Waals surface area contributed by atoms with Crippen LogP contribution in [0.3, 0.4) is 0 Å². The molecule has 0 spiro atoms. The van der Waals surface area contributed by atoms with E-state index in [0.29, 0.717) is 24.7 Å². The topological polar surface area (TPSA) is 50.3 Å². The van der Waals surface area contributed by atoms with E-state index in [1.54, 1.807) is 6.07 Å². The summed E-state index contributed by atoms with van der Waals surface area (Å²) in [6.45, 7) is 8.85. The summed E-state index contributed by atoms with van der Waals surface area (Å²) in [5, 5.41) is 3.45. The molecule has 5 nitrogen and oxygen atoms in total. The Morgan fingerprint density at radius 1 is 1.17 bits per heavy atom. The van der Waals surface area contributed by atoms with Crippen LogP contribution in [-0.2, 0) is 19.4 Å². The summed E-state index contributed by atoms with van der Waals surface area (Å²) < 4.78 is 21.2. The van der Waals surface area contributed by atoms with E-state index in [2.05, 4.69) is 55.3 Å². The molecule has 3 aromatic rings. The zero-order chi connectivity index (χ0) is 24.1. The Labute approximate surface area is 206 Å². The number of nitrogens with one attached hydrogen (secondary N) is 1. The minimum Gasteiger partial charge on any atom is -0.486 e. The molecule has 0 amide bonds. The lowest BCUT2D eigenvalue weighted by atomic mass is 9.97. The second kappa shape index (κ2) is 8.90. The number of fused-ring (bicyclic) bond motifs is 2. The number of hydrogen-bond donors (Lipinski definition) is 1. The quantitative estimate of drug-likeness (QED) is 0.539. The van der Waals surface area contributed by atoms with Crippen LogP contribution in [0.2, 0.25) is 0 Å². The predicted octanol–water partition coefficient (Wildman–Crippen LogP) is 5.39. The number of hydrogen-bond acceptors (Lipinski definition) is 5. The molecule has 6 heteroatoms. The van der Waals surface area contributed by atoms with Gasteiger partial charge >= 0.3 is 0 Å². The first kappa shape index (κ1) is 22.5. The smallest absolute Gasteiger partial charge is 0.178 e. The molecule has 1 atom stereocenters. The van der Waals surface area contributed by atoms with E-state index in [4.69, 9.17) is 14.7 Å². The van der Waals surface area contributed by atoms with Crippen molar-refractivity contribution in [1.29, 1.82) is 0 Å². The highest BCUT2D eigenvalue weighted by molar-refractivity contribution is 5.74. The maximum Gasteiger partial charge on any atom is 0.178 e. The molecule has 6 rings (SSSR count). The molecular weight excluding hydrogens is 439 g/mol. The van der Waals surface area contributed by atoms with Gasteiger partial charge in [-0.1, -0.05) is 18.2 Å². The van der Waals surface area contributed by atoms with Crippen molar-refractivity contribution >= 4 is 5.69 Å². The Kier molecular flexibility index (Phi) is 5.72. The fourth-order valence-corrected chi connectivity index (χ4v) is 5.62. The van der Waals surface area contributed by atoms with Crippen LogP contribution < -0.4 is 15.0 Å². The minimum atomic E-state index is -0.320. The molecular formula is C29H33FN4O. The summed E-state index contributed by atoms with van der Waals surface area (Å²) in [6.07, 6.45) is 5.99. The number of halogens is 1. The van der Waals surface area contributed by atoms with Gasteiger partial charge in [0.05, 0.1) is 17.4 Å². The van der Waals surface area contributed by atoms with Crippen LogP contribution in [0.5, 0.6) is 5.75 Å². The molecule has 1 aliphatic carbocycles. The third kappa shape index (κ3) is 4.29. The van der Waals surface area contributed by atoms with Gasteiger partial charge in [-0.2, -0.15) is 0 Å². The second-order valence-corrected chi connectivity index (χ2v) is 10.5. The maximum absolute atomic E-state index is 15.3. The lowest BCUT2D eigenvalue weighted by molar-refractivity contribution is 0.252. The van der Waals surface area contributed by atoms with Gasteiger partial charge in [0.1, 0.15) is 12.4 Å². The average molecular weight is 473 g/mol. The lowest BCUT2D eigenvalue weighted by Crippen LogP contribution is -2.45. The fourth-order valence-electron chi connectivity index (χ4n) is 5.62. The van der Waals surface area contributed by atoms with Gasteiger partial charge in [-0.3, -0.25) is 0 Å². The number of ether oxygens (including phenoxy) is 1. The molecule has 2 aromatic carbocycles. The van der Waals surface area contributed by atoms with Crippen LogP contribution >= 0.6 is 0 Å². The van der Waals surface area contributed by atoms with E-state index in [1.807, 2.05) is 6.20 Å². The zero-order valence-electron chi connectivity index (χ0n) is 20.8. The van der Waals surface area contributed by atoms with Crippen LogP contribution in [-0.4, -0.2) is 35.2 Å². The molecule has 1 unspecified atom stereocenters. The molecule has 182 valence electrons. The monoisotopic (exact) mass is 472 g/mol. The average Bonchev–Trinajstić information content (AvgIpc) is 3.69. The largest absolute Gasteiger partial charge is 0.486 e. The Balaban J connectivity index is 1.40. The first-order valence-corrected chi connectivity index (χ1v) is 12.9. The van der Waals surface area contributed by atoms with E-state index >= 15 is 4.39 Å². The molecule has 0 bridgehead atoms. The van der Waals surface area contributed by atoms with Gasteiger partial charge in [-0.05, 0) is 86.9 Å². The fraction of sp³-hybridized carbons (Fsp3) is 0.448. The van der Waals surface area contributed by atoms with Crippen LogP contribution in [0.4, 0.5) is 10.1 Å². The van der Waals surface area contributed by atoms with Crippen molar-refractivity contribution in [2.75, 3.05) is 18.1 Å². The highest BCUT2D eigenvalue weighted by Crippen LogP contribution is 2.46. The molecule has 0 radical (unpaired) electrons. The van der Waals surface area contributed by atoms with Crippen LogP contribution in [0, 0.1) is 5.82 Å². The van der Waals surface area contributed by atoms with Crippen LogP contribution in [0.25, 0.3) is 11.3 Å². The van der Waals surface area contributed by atoms with Gasteiger partial charge in [-0.25, -0.2) is 14.4 Å². The predicted molar refractivity (Wildman–Crippen MR) is 137 cm³/mol. The van der Waals surface area contributed by atoms with Gasteiger partial charge in [-0.15, -0.1) is 0 Å². The molecule has 0 saturated heterocycles. The third-order valence-electron chi connectivity index (χ3n) is 7.48. The molecule has 1 fully saturated rings. The Morgan fingerprint density at radius 2 is 2.03 bits per heavy atom. The first-order chi connectivity index (χ1) is 17.0. The summed E-state index contributed by atoms with van der Waals surface area (Å²) in [5.41, 5.74) is 7.62. The van der Waals surface area contributed by atoms with E-state index in [0.717, 1.165) is 60.7 Å². The van der Waals surface area contributed by atoms with Gasteiger partial charge in [0, 0.05) is 30.8 Å². The number of nitrogens with zero attached hydrogens (tertiary/aromatic N) is 3. The molecule has 35 heavy (non-hydrogen) atoms. The molecule has 1 saturated carbocycles. The first-order valence-electron chi connectivity index (χ1n) is 12.9. The SMILES string of the molecule is CC(C)N1c2cc(-c3nc(Cc4ccc5c(c4)CNCC5)ncc3C3CC3)cc(F)c2OCC1C. The van der Waals surface area contributed by atoms with Crippen molar-refractivity contribution < 1.29 is 9.13 Å². The molecule has 1 N–H and O–H groups in total. The van der Waals surface area contributed by atoms with E-state index in [1.165, 1.54) is 16.7 Å². The van der Waals surface area contributed by atoms with Crippen molar-refractivity contribution in [3.05, 3.63) is 70.4 Å². The Bertz CT molecular complexity index is 1270. The summed E-state index contributed by atoms with van der Waals surface area (Å²) in [7, 11) is 0. The van der Waals surface area contributed by atoms with Crippen molar-refractivity contribution in [2.24, 2.45) is 0 Å². The van der Waals surface area contributed by atoms with Crippen LogP contribution in [0.15, 0.2) is 36.5 Å². The Hall–Kier alpha value is -2.99. The van der Waals surface area contributed by atoms with E-state index in [9.17, 15) is 0 Å². The van der Waals surface area contributed by atoms with Gasteiger partial charge in [0.15, 0.2) is 11.6 Å². The number of rotatable bonds is 5. The highest BCUT2D eigenvalue weighted by Gasteiger charge is 2.32. The number of anilines is 1. The zero-order valence-corrected chi connectivity index (χ0v) is 20.8. The van der Waals surface area contributed by atoms with Gasteiger partial charge in [0.2, 0.25) is 0 Å². The lowest BCUT2D eigenvalue weighted by Gasteiger charge is -2.40. The van der Waals surface area contributed by atoms with Gasteiger partial charge in [0.25, 0.3) is 0 Å². The van der Waals surface area contributed by atoms with E-state index in [-0.39, 0.29) is 17.9 Å². The standard InChI is InChI=1S/C29H33FN4O/c1-17(2)34-18(3)16-35-29-25(30)12-22(13-26(29)34)28-24(21-6-7-21)15-32-27(33-28)11-19-4-5-20-8-9-31-14-23(20)10-19/h4-5,10,12-13,15,17-18,21,31H,6-9,11,14,16H2,1-3H3. The summed E-state index contributed by atoms with van der Waals surface area (Å²) >= 11 is 0. The second-order valence-electron chi connectivity index (χ2n) is 10.5. The Morgan fingerprint density at radius 3 is 2.83 bits per heavy atom. The van der Waals surface area contributed by atoms with Crippen LogP contribution in [0.1, 0.15) is 67.6 Å². The van der Waals surface area contributed by atoms with Crippen molar-refractivity contribution in [1.82, 2.24) is 15.3 Å². The maximum atomic E-state index is 15.3. The summed E-state index contributed by atoms with van der Waals surface area (Å²) in [5.74, 6) is 1.27. The summed E-state index contributed by atoms with van der Waals surface area (Å²) in [4.78, 5) is 12.0. The molecule has 2 aliphatic heterocycles. The normalized spacial score (nSPS) is 19.3. The van der Waals surface area contributed by atoms with Crippen molar-refractivity contribution in [3.8, 4) is 17.0 Å². The van der Waals surface area contributed by atoms with Gasteiger partial charge < -0.3 is 15.0 Å². The molecule has 3 heterocycles. The number of benzene rings is 2. The molecule has 3 aliphatic rings.